The van der Waals surface area contributed by atoms with Crippen LogP contribution in [0, 0.1) is 0 Å². The number of aromatic nitrogens is 2. The van der Waals surface area contributed by atoms with Crippen LogP contribution in [-0.2, 0) is 79.8 Å². The zero-order valence-corrected chi connectivity index (χ0v) is 53.4. The van der Waals surface area contributed by atoms with Gasteiger partial charge in [0, 0.05) is 30.5 Å². The molecule has 1 aromatic heterocycles. The third-order valence-electron chi connectivity index (χ3n) is 15.4. The number of benzene rings is 1. The third kappa shape index (κ3) is 22.3. The van der Waals surface area contributed by atoms with E-state index in [2.05, 4.69) is 70.1 Å². The van der Waals surface area contributed by atoms with Crippen LogP contribution in [0.15, 0.2) is 72.4 Å². The standard InChI is InChI=1S/C61H86N14O21/c1-6-9-10-11-12-13-14-15-16-41(96-61-51(85)49(83)40(79)26-95-61)50(84)60(94)70-33(8-3)52(86)73-45-28(4)67-55(89)37-23-35-47(66-27-65-35)31-21-30(17-19-38(31)77)22-36(72-59(93)46(29(5)76)74-58(45)92)56(90)69-32(7-2)53(87)75-48(39(78)24-43(63)81)57(91)64-25-44(82)68-34(54(88)71-37)18-20-42(62)80/h7-8,13-17,19,21,27-29,34,36-37,39-41,45-46,48-51,61,76-79,83-85H,6,9-12,18,20,22-26H2,1-5H3,(H2,62,80)(H2,63,81)(H,64,91)(H,65,66)(H,67,89)(H,68,82)(H,69,90)(H,70,94)(H,71,88)(H,72,93)(H,73,86)(H,74,92)(H,75,87)/b14-13+,16-15+,32-7-,33-8+/t28-,29?,34-,36+,37+,39+,40-,41-,45+,46-,48?,49+,50+,51+,61?/m1/s1. The second-order valence-corrected chi connectivity index (χ2v) is 23.0. The Morgan fingerprint density at radius 3 is 2.19 bits per heavy atom. The maximum Gasteiger partial charge on any atom is 0.268 e. The Hall–Kier alpha value is -9.49. The maximum absolute atomic E-state index is 15.0. The van der Waals surface area contributed by atoms with Crippen molar-refractivity contribution in [3.63, 3.8) is 0 Å². The minimum Gasteiger partial charge on any atom is -0.507 e. The molecule has 5 rings (SSSR count). The summed E-state index contributed by atoms with van der Waals surface area (Å²) >= 11 is 0. The Morgan fingerprint density at radius 1 is 0.812 bits per heavy atom. The fourth-order valence-electron chi connectivity index (χ4n) is 10.1. The molecule has 2 aromatic rings. The number of primary amides is 2. The predicted octanol–water partition coefficient (Wildman–Crippen LogP) is -6.39. The topological polar surface area (TPSA) is 566 Å². The van der Waals surface area contributed by atoms with Gasteiger partial charge in [-0.15, -0.1) is 0 Å². The molecule has 12 amide bonds. The summed E-state index contributed by atoms with van der Waals surface area (Å²) in [7, 11) is 0. The van der Waals surface area contributed by atoms with Gasteiger partial charge >= 0.3 is 0 Å². The molecular formula is C61H86N14O21. The SMILES string of the molecule is C/C=C1\NC(=O)[C@@H]2Cc3ccc(O)c(c3)-c3nc[nH]c3C[C@H](NC(=O)[C@@H](CCC(N)=O)NC(=O)CNC(=O)C([C@@H](O)CC(N)=O)NC1=O)C(=O)N[C@H](C)[C@H](NC(=O)/C(=C\C)NC(=O)[C@@H](O)[C@@H](/C=C/C=C/CCCCCC)OC1OC[C@@H](O)[C@H](O)[C@@H]1O)C(=O)N[C@H](C(C)O)C(=O)N2. The highest BCUT2D eigenvalue weighted by molar-refractivity contribution is 6.04. The van der Waals surface area contributed by atoms with Crippen LogP contribution in [0.4, 0.5) is 0 Å². The van der Waals surface area contributed by atoms with Crippen LogP contribution in [0.25, 0.3) is 11.3 Å². The van der Waals surface area contributed by atoms with Crippen molar-refractivity contribution >= 4 is 70.9 Å². The van der Waals surface area contributed by atoms with Gasteiger partial charge in [-0.1, -0.05) is 68.7 Å². The van der Waals surface area contributed by atoms with Gasteiger partial charge in [-0.25, -0.2) is 4.98 Å². The lowest BCUT2D eigenvalue weighted by molar-refractivity contribution is -0.283. The zero-order chi connectivity index (χ0) is 71.1. The lowest BCUT2D eigenvalue weighted by atomic mass is 9.97. The second-order valence-electron chi connectivity index (χ2n) is 23.0. The molecule has 1 aromatic carbocycles. The quantitative estimate of drug-likeness (QED) is 0.0314. The summed E-state index contributed by atoms with van der Waals surface area (Å²) in [5.41, 5.74) is 9.40. The van der Waals surface area contributed by atoms with Gasteiger partial charge in [-0.2, -0.15) is 0 Å². The van der Waals surface area contributed by atoms with Crippen LogP contribution in [0.2, 0.25) is 0 Å². The molecule has 3 unspecified atom stereocenters. The first kappa shape index (κ1) is 77.2. The summed E-state index contributed by atoms with van der Waals surface area (Å²) in [4.78, 5) is 175. The van der Waals surface area contributed by atoms with Gasteiger partial charge in [-0.05, 0) is 64.7 Å². The van der Waals surface area contributed by atoms with Crippen molar-refractivity contribution in [1.82, 2.24) is 63.1 Å². The first-order valence-corrected chi connectivity index (χ1v) is 30.9. The number of nitrogens with zero attached hydrogens (tertiary/aromatic N) is 1. The molecule has 0 radical (unpaired) electrons. The van der Waals surface area contributed by atoms with Gasteiger partial charge in [0.05, 0.1) is 49.8 Å². The smallest absolute Gasteiger partial charge is 0.268 e. The maximum atomic E-state index is 15.0. The number of nitrogens with one attached hydrogen (secondary N) is 11. The van der Waals surface area contributed by atoms with Gasteiger partial charge in [0.25, 0.3) is 17.7 Å². The number of rotatable bonds is 21. The number of carbonyl (C=O) groups excluding carboxylic acids is 12. The average Bonchev–Trinajstić information content (AvgIpc) is 1.42. The number of aromatic amines is 1. The normalized spacial score (nSPS) is 26.5. The minimum absolute atomic E-state index is 0.00386. The number of H-pyrrole nitrogens is 1. The molecule has 526 valence electrons. The summed E-state index contributed by atoms with van der Waals surface area (Å²) < 4.78 is 11.1. The van der Waals surface area contributed by atoms with E-state index in [0.29, 0.717) is 6.42 Å². The molecule has 0 aliphatic carbocycles. The number of phenols is 1. The number of hydrogen-bond acceptors (Lipinski definition) is 22. The first-order chi connectivity index (χ1) is 45.5. The summed E-state index contributed by atoms with van der Waals surface area (Å²) in [5, 5.41) is 99.6. The molecule has 35 heteroatoms. The van der Waals surface area contributed by atoms with Gasteiger partial charge in [0.1, 0.15) is 77.8 Å². The number of allylic oxidation sites excluding steroid dienone is 5. The van der Waals surface area contributed by atoms with E-state index < -0.39 is 225 Å². The molecule has 0 saturated carbocycles. The van der Waals surface area contributed by atoms with E-state index in [9.17, 15) is 93.3 Å². The third-order valence-corrected chi connectivity index (χ3v) is 15.4. The van der Waals surface area contributed by atoms with Crippen LogP contribution < -0.4 is 64.6 Å². The number of aromatic hydroxyl groups is 1. The lowest BCUT2D eigenvalue weighted by Gasteiger charge is -2.36. The largest absolute Gasteiger partial charge is 0.507 e. The number of aliphatic hydroxyl groups is 6. The molecule has 3 aliphatic rings. The van der Waals surface area contributed by atoms with Gasteiger partial charge < -0.3 is 115 Å². The first-order valence-electron chi connectivity index (χ1n) is 30.9. The molecule has 35 nitrogen and oxygen atoms in total. The number of imidazole rings is 1. The van der Waals surface area contributed by atoms with Crippen molar-refractivity contribution < 1.29 is 103 Å². The van der Waals surface area contributed by atoms with Crippen molar-refractivity contribution in [2.24, 2.45) is 11.5 Å². The van der Waals surface area contributed by atoms with Crippen molar-refractivity contribution in [3.05, 3.63) is 83.6 Å². The Morgan fingerprint density at radius 2 is 1.52 bits per heavy atom. The van der Waals surface area contributed by atoms with E-state index in [1.54, 1.807) is 6.08 Å². The molecule has 22 N–H and O–H groups in total. The molecule has 15 atom stereocenters. The fraction of sp³-hybridized carbons (Fsp3) is 0.525. The number of nitrogens with two attached hydrogens (primary N) is 2. The van der Waals surface area contributed by atoms with Crippen molar-refractivity contribution in [3.8, 4) is 17.0 Å². The Bertz CT molecular complexity index is 3280. The zero-order valence-electron chi connectivity index (χ0n) is 53.4. The van der Waals surface area contributed by atoms with Gasteiger partial charge in [0.2, 0.25) is 53.2 Å². The van der Waals surface area contributed by atoms with Crippen LogP contribution in [0.1, 0.15) is 97.2 Å². The van der Waals surface area contributed by atoms with E-state index in [1.165, 1.54) is 44.2 Å². The number of fused-ring (bicyclic) bond motifs is 2. The molecule has 4 bridgehead atoms. The average molecular weight is 1350 g/mol. The lowest BCUT2D eigenvalue weighted by Crippen LogP contribution is -2.64. The van der Waals surface area contributed by atoms with Crippen LogP contribution in [-0.4, -0.2) is 221 Å². The summed E-state index contributed by atoms with van der Waals surface area (Å²) in [6.07, 6.45) is -4.22. The van der Waals surface area contributed by atoms with Gasteiger partial charge in [0.15, 0.2) is 12.4 Å². The molecule has 0 spiro atoms. The van der Waals surface area contributed by atoms with Crippen molar-refractivity contribution in [2.75, 3.05) is 13.2 Å². The minimum atomic E-state index is -2.25. The van der Waals surface area contributed by atoms with E-state index in [1.807, 2.05) is 6.08 Å². The second kappa shape index (κ2) is 37.0. The van der Waals surface area contributed by atoms with Crippen LogP contribution >= 0.6 is 0 Å². The Kier molecular flexibility index (Phi) is 29.7. The molecule has 96 heavy (non-hydrogen) atoms. The highest BCUT2D eigenvalue weighted by Gasteiger charge is 2.43. The van der Waals surface area contributed by atoms with Crippen LogP contribution in [0.3, 0.4) is 0 Å². The number of carbonyl (C=O) groups is 12. The van der Waals surface area contributed by atoms with Crippen molar-refractivity contribution in [2.45, 2.75) is 190 Å². The molecule has 1 fully saturated rings. The van der Waals surface area contributed by atoms with Crippen molar-refractivity contribution in [1.29, 1.82) is 0 Å². The fourth-order valence-corrected chi connectivity index (χ4v) is 10.1. The number of amides is 12. The Balaban J connectivity index is 1.64. The Labute approximate surface area is 550 Å². The van der Waals surface area contributed by atoms with E-state index >= 15 is 0 Å². The van der Waals surface area contributed by atoms with Gasteiger partial charge in [-0.3, -0.25) is 57.5 Å². The molecule has 4 heterocycles. The number of aliphatic hydroxyl groups excluding tert-OH is 6. The highest BCUT2D eigenvalue weighted by Crippen LogP contribution is 2.32. The van der Waals surface area contributed by atoms with Crippen LogP contribution in [0.5, 0.6) is 5.75 Å². The molecular weight excluding hydrogens is 1260 g/mol. The monoisotopic (exact) mass is 1350 g/mol. The van der Waals surface area contributed by atoms with E-state index in [-0.39, 0.29) is 22.5 Å². The summed E-state index contributed by atoms with van der Waals surface area (Å²) in [5.74, 6) is -15.2. The highest BCUT2D eigenvalue weighted by atomic mass is 16.7. The summed E-state index contributed by atoms with van der Waals surface area (Å²) in [6.45, 7) is 5.22. The number of ether oxygens (including phenoxy) is 2. The van der Waals surface area contributed by atoms with E-state index in [0.717, 1.165) is 58.0 Å². The number of phenolic OH excluding ortho intramolecular Hbond substituents is 1. The summed E-state index contributed by atoms with van der Waals surface area (Å²) in [6, 6.07) is -9.64. The molecule has 3 aliphatic heterocycles. The molecule has 1 saturated heterocycles. The number of hydrogen-bond donors (Lipinski definition) is 20. The predicted molar refractivity (Wildman–Crippen MR) is 335 cm³/mol. The van der Waals surface area contributed by atoms with E-state index in [4.69, 9.17) is 20.9 Å². The number of unbranched alkanes of at least 4 members (excludes halogenated alkanes) is 4.